The predicted molar refractivity (Wildman–Crippen MR) is 50.6 cm³/mol. The van der Waals surface area contributed by atoms with E-state index in [2.05, 4.69) is 0 Å². The van der Waals surface area contributed by atoms with E-state index >= 15 is 0 Å². The Morgan fingerprint density at radius 1 is 1.62 bits per heavy atom. The largest absolute Gasteiger partial charge is 0.493 e. The molecule has 0 fully saturated rings. The molecule has 2 N–H and O–H groups in total. The maximum Gasteiger partial charge on any atom is 0.166 e. The molecule has 0 spiro atoms. The van der Waals surface area contributed by atoms with Gasteiger partial charge in [0.05, 0.1) is 7.11 Å². The highest BCUT2D eigenvalue weighted by atomic mass is 35.5. The summed E-state index contributed by atoms with van der Waals surface area (Å²) in [5.74, 6) is -0.289. The molecule has 2 nitrogen and oxygen atoms in total. The number of benzene rings is 1. The summed E-state index contributed by atoms with van der Waals surface area (Å²) in [6, 6.07) is 1.23. The van der Waals surface area contributed by atoms with Crippen LogP contribution in [0, 0.1) is 12.7 Å². The second kappa shape index (κ2) is 3.94. The van der Waals surface area contributed by atoms with Crippen LogP contribution >= 0.6 is 11.6 Å². The molecule has 1 aromatic carbocycles. The van der Waals surface area contributed by atoms with Gasteiger partial charge in [-0.15, -0.1) is 0 Å². The van der Waals surface area contributed by atoms with Gasteiger partial charge in [0.1, 0.15) is 0 Å². The number of rotatable bonds is 2. The second-order valence-corrected chi connectivity index (χ2v) is 3.09. The third kappa shape index (κ3) is 1.76. The molecular weight excluding hydrogens is 193 g/mol. The van der Waals surface area contributed by atoms with Crippen LogP contribution in [0.1, 0.15) is 11.1 Å². The Morgan fingerprint density at radius 3 is 2.69 bits per heavy atom. The molecule has 1 aromatic rings. The van der Waals surface area contributed by atoms with E-state index in [9.17, 15) is 4.39 Å². The molecule has 0 atom stereocenters. The summed E-state index contributed by atoms with van der Waals surface area (Å²) < 4.78 is 18.1. The number of ether oxygens (including phenoxy) is 1. The van der Waals surface area contributed by atoms with Crippen LogP contribution in [0.25, 0.3) is 0 Å². The zero-order valence-corrected chi connectivity index (χ0v) is 8.28. The SMILES string of the molecule is COc1c(F)cc(Cl)c(C)c1CN. The van der Waals surface area contributed by atoms with Gasteiger partial charge in [-0.3, -0.25) is 0 Å². The molecule has 0 heterocycles. The van der Waals surface area contributed by atoms with Gasteiger partial charge in [-0.05, 0) is 18.6 Å². The molecule has 0 bridgehead atoms. The lowest BCUT2D eigenvalue weighted by Gasteiger charge is -2.11. The van der Waals surface area contributed by atoms with Crippen LogP contribution in [0.3, 0.4) is 0 Å². The van der Waals surface area contributed by atoms with E-state index in [1.54, 1.807) is 6.92 Å². The lowest BCUT2D eigenvalue weighted by atomic mass is 10.1. The fraction of sp³-hybridized carbons (Fsp3) is 0.333. The molecule has 0 aliphatic heterocycles. The minimum atomic E-state index is -0.474. The van der Waals surface area contributed by atoms with Crippen molar-refractivity contribution in [3.8, 4) is 5.75 Å². The molecule has 0 aliphatic carbocycles. The smallest absolute Gasteiger partial charge is 0.166 e. The Morgan fingerprint density at radius 2 is 2.23 bits per heavy atom. The second-order valence-electron chi connectivity index (χ2n) is 2.68. The molecular formula is C9H11ClFNO. The topological polar surface area (TPSA) is 35.2 Å². The van der Waals surface area contributed by atoms with Crippen molar-refractivity contribution in [2.24, 2.45) is 5.73 Å². The normalized spacial score (nSPS) is 10.2. The van der Waals surface area contributed by atoms with Gasteiger partial charge in [0, 0.05) is 17.1 Å². The molecule has 0 aliphatic rings. The number of nitrogens with two attached hydrogens (primary N) is 1. The van der Waals surface area contributed by atoms with Gasteiger partial charge < -0.3 is 10.5 Å². The molecule has 0 saturated carbocycles. The van der Waals surface area contributed by atoms with E-state index in [1.165, 1.54) is 13.2 Å². The van der Waals surface area contributed by atoms with Gasteiger partial charge in [-0.25, -0.2) is 4.39 Å². The molecule has 0 amide bonds. The maximum absolute atomic E-state index is 13.2. The average molecular weight is 204 g/mol. The first-order chi connectivity index (χ1) is 6.11. The van der Waals surface area contributed by atoms with Crippen LogP contribution in [-0.4, -0.2) is 7.11 Å². The van der Waals surface area contributed by atoms with E-state index in [0.717, 1.165) is 5.56 Å². The highest BCUT2D eigenvalue weighted by molar-refractivity contribution is 6.31. The fourth-order valence-corrected chi connectivity index (χ4v) is 1.42. The predicted octanol–water partition coefficient (Wildman–Crippen LogP) is 2.25. The lowest BCUT2D eigenvalue weighted by molar-refractivity contribution is 0.381. The van der Waals surface area contributed by atoms with Crippen LogP contribution in [0.4, 0.5) is 4.39 Å². The molecule has 0 saturated heterocycles. The monoisotopic (exact) mass is 203 g/mol. The third-order valence-corrected chi connectivity index (χ3v) is 2.36. The average Bonchev–Trinajstić information content (AvgIpc) is 2.10. The zero-order valence-electron chi connectivity index (χ0n) is 7.53. The Labute approximate surface area is 81.4 Å². The van der Waals surface area contributed by atoms with Crippen molar-refractivity contribution < 1.29 is 9.13 Å². The molecule has 13 heavy (non-hydrogen) atoms. The molecule has 4 heteroatoms. The summed E-state index contributed by atoms with van der Waals surface area (Å²) in [7, 11) is 1.41. The van der Waals surface area contributed by atoms with Gasteiger partial charge >= 0.3 is 0 Å². The summed E-state index contributed by atoms with van der Waals surface area (Å²) in [4.78, 5) is 0. The van der Waals surface area contributed by atoms with Crippen molar-refractivity contribution in [3.63, 3.8) is 0 Å². The fourth-order valence-electron chi connectivity index (χ4n) is 1.21. The van der Waals surface area contributed by atoms with E-state index in [4.69, 9.17) is 22.1 Å². The van der Waals surface area contributed by atoms with E-state index in [0.29, 0.717) is 10.6 Å². The quantitative estimate of drug-likeness (QED) is 0.800. The number of hydrogen-bond acceptors (Lipinski definition) is 2. The minimum absolute atomic E-state index is 0.185. The minimum Gasteiger partial charge on any atom is -0.493 e. The standard InChI is InChI=1S/C9H11ClFNO/c1-5-6(4-12)9(13-2)8(11)3-7(5)10/h3H,4,12H2,1-2H3. The van der Waals surface area contributed by atoms with Crippen LogP contribution in [-0.2, 0) is 6.54 Å². The Hall–Kier alpha value is -0.800. The zero-order chi connectivity index (χ0) is 10.0. The summed E-state index contributed by atoms with van der Waals surface area (Å²) in [6.07, 6.45) is 0. The van der Waals surface area contributed by atoms with E-state index < -0.39 is 5.82 Å². The summed E-state index contributed by atoms with van der Waals surface area (Å²) in [5.41, 5.74) is 6.84. The molecule has 1 rings (SSSR count). The first kappa shape index (κ1) is 10.3. The lowest BCUT2D eigenvalue weighted by Crippen LogP contribution is -2.04. The van der Waals surface area contributed by atoms with Gasteiger partial charge in [-0.1, -0.05) is 11.6 Å². The summed E-state index contributed by atoms with van der Waals surface area (Å²) in [6.45, 7) is 2.00. The number of halogens is 2. The number of hydrogen-bond donors (Lipinski definition) is 1. The van der Waals surface area contributed by atoms with Crippen molar-refractivity contribution >= 4 is 11.6 Å². The summed E-state index contributed by atoms with van der Waals surface area (Å²) >= 11 is 5.78. The van der Waals surface area contributed by atoms with Crippen molar-refractivity contribution in [1.29, 1.82) is 0 Å². The Balaban J connectivity index is 3.41. The van der Waals surface area contributed by atoms with E-state index in [-0.39, 0.29) is 12.3 Å². The van der Waals surface area contributed by atoms with Crippen molar-refractivity contribution in [3.05, 3.63) is 28.0 Å². The van der Waals surface area contributed by atoms with E-state index in [1.807, 2.05) is 0 Å². The molecule has 72 valence electrons. The van der Waals surface area contributed by atoms with Crippen LogP contribution in [0.2, 0.25) is 5.02 Å². The molecule has 0 unspecified atom stereocenters. The van der Waals surface area contributed by atoms with Crippen molar-refractivity contribution in [2.75, 3.05) is 7.11 Å². The van der Waals surface area contributed by atoms with Gasteiger partial charge in [0.15, 0.2) is 11.6 Å². The first-order valence-electron chi connectivity index (χ1n) is 3.83. The van der Waals surface area contributed by atoms with Crippen LogP contribution in [0.15, 0.2) is 6.07 Å². The number of methoxy groups -OCH3 is 1. The molecule has 0 aromatic heterocycles. The van der Waals surface area contributed by atoms with Gasteiger partial charge in [0.25, 0.3) is 0 Å². The highest BCUT2D eigenvalue weighted by Gasteiger charge is 2.13. The highest BCUT2D eigenvalue weighted by Crippen LogP contribution is 2.30. The van der Waals surface area contributed by atoms with Crippen molar-refractivity contribution in [1.82, 2.24) is 0 Å². The third-order valence-electron chi connectivity index (χ3n) is 1.96. The Bertz CT molecular complexity index is 328. The maximum atomic E-state index is 13.2. The van der Waals surface area contributed by atoms with Gasteiger partial charge in [-0.2, -0.15) is 0 Å². The van der Waals surface area contributed by atoms with Crippen LogP contribution in [0.5, 0.6) is 5.75 Å². The van der Waals surface area contributed by atoms with Gasteiger partial charge in [0.2, 0.25) is 0 Å². The summed E-state index contributed by atoms with van der Waals surface area (Å²) in [5, 5.41) is 0.374. The Kier molecular flexibility index (Phi) is 3.12. The van der Waals surface area contributed by atoms with Crippen LogP contribution < -0.4 is 10.5 Å². The first-order valence-corrected chi connectivity index (χ1v) is 4.21. The van der Waals surface area contributed by atoms with Crippen molar-refractivity contribution in [2.45, 2.75) is 13.5 Å². The molecule has 0 radical (unpaired) electrons.